The van der Waals surface area contributed by atoms with Crippen LogP contribution in [0.4, 0.5) is 0 Å². The average Bonchev–Trinajstić information content (AvgIpc) is 2.46. The average molecular weight is 317 g/mol. The Morgan fingerprint density at radius 1 is 1.10 bits per heavy atom. The van der Waals surface area contributed by atoms with Gasteiger partial charge >= 0.3 is 0 Å². The van der Waals surface area contributed by atoms with Gasteiger partial charge in [-0.3, -0.25) is 9.80 Å². The molecule has 1 aliphatic heterocycles. The van der Waals surface area contributed by atoms with Gasteiger partial charge in [-0.15, -0.1) is 0 Å². The lowest BCUT2D eigenvalue weighted by Gasteiger charge is -2.34. The van der Waals surface area contributed by atoms with Crippen LogP contribution in [0.1, 0.15) is 12.5 Å². The molecular weight excluding hydrogens is 295 g/mol. The van der Waals surface area contributed by atoms with E-state index in [1.165, 1.54) is 0 Å². The van der Waals surface area contributed by atoms with Crippen LogP contribution in [0.25, 0.3) is 0 Å². The molecule has 0 unspecified atom stereocenters. The highest BCUT2D eigenvalue weighted by Gasteiger charge is 2.17. The summed E-state index contributed by atoms with van der Waals surface area (Å²) < 4.78 is 5.40. The fourth-order valence-electron chi connectivity index (χ4n) is 2.42. The Morgan fingerprint density at radius 3 is 2.50 bits per heavy atom. The molecule has 0 amide bonds. The molecule has 112 valence electrons. The molecule has 20 heavy (non-hydrogen) atoms. The van der Waals surface area contributed by atoms with Gasteiger partial charge in [-0.2, -0.15) is 0 Å². The van der Waals surface area contributed by atoms with E-state index in [-0.39, 0.29) is 0 Å². The monoisotopic (exact) mass is 316 g/mol. The van der Waals surface area contributed by atoms with E-state index in [2.05, 4.69) is 15.9 Å². The van der Waals surface area contributed by atoms with Crippen molar-refractivity contribution in [3.05, 3.63) is 33.8 Å². The van der Waals surface area contributed by atoms with Crippen molar-refractivity contribution in [1.29, 1.82) is 0 Å². The van der Waals surface area contributed by atoms with Crippen molar-refractivity contribution in [3.63, 3.8) is 0 Å². The quantitative estimate of drug-likeness (QED) is 0.750. The van der Waals surface area contributed by atoms with Crippen molar-refractivity contribution in [2.24, 2.45) is 0 Å². The summed E-state index contributed by atoms with van der Waals surface area (Å²) in [4.78, 5) is 4.88. The van der Waals surface area contributed by atoms with Crippen LogP contribution in [0.3, 0.4) is 0 Å². The van der Waals surface area contributed by atoms with Crippen LogP contribution in [0.5, 0.6) is 0 Å². The van der Waals surface area contributed by atoms with Gasteiger partial charge in [-0.25, -0.2) is 0 Å². The normalized spacial score (nSPS) is 17.6. The van der Waals surface area contributed by atoms with Crippen molar-refractivity contribution < 1.29 is 4.74 Å². The van der Waals surface area contributed by atoms with Gasteiger partial charge in [0.05, 0.1) is 16.7 Å². The predicted octanol–water partition coefficient (Wildman–Crippen LogP) is 3.15. The lowest BCUT2D eigenvalue weighted by molar-refractivity contribution is 0.0786. The maximum absolute atomic E-state index is 6.24. The first-order valence-corrected chi connectivity index (χ1v) is 7.91. The predicted molar refractivity (Wildman–Crippen MR) is 84.7 cm³/mol. The Morgan fingerprint density at radius 2 is 1.80 bits per heavy atom. The smallest absolute Gasteiger partial charge is 0.0637 e. The van der Waals surface area contributed by atoms with Crippen LogP contribution in [-0.2, 0) is 11.3 Å². The highest BCUT2D eigenvalue weighted by Crippen LogP contribution is 2.26. The molecule has 0 bridgehead atoms. The topological polar surface area (TPSA) is 15.7 Å². The molecule has 0 atom stereocenters. The number of ether oxygens (including phenoxy) is 1. The van der Waals surface area contributed by atoms with Crippen LogP contribution in [-0.4, -0.2) is 55.7 Å². The Labute approximate surface area is 131 Å². The van der Waals surface area contributed by atoms with Gasteiger partial charge in [0.1, 0.15) is 0 Å². The molecule has 1 aliphatic rings. The van der Waals surface area contributed by atoms with E-state index in [0.29, 0.717) is 10.0 Å². The Kier molecular flexibility index (Phi) is 6.59. The zero-order valence-electron chi connectivity index (χ0n) is 11.9. The molecular formula is C15H22Cl2N2O. The summed E-state index contributed by atoms with van der Waals surface area (Å²) in [6.45, 7) is 9.87. The molecule has 1 fully saturated rings. The molecule has 5 heteroatoms. The van der Waals surface area contributed by atoms with Crippen molar-refractivity contribution in [1.82, 2.24) is 9.80 Å². The molecule has 1 saturated heterocycles. The molecule has 0 spiro atoms. The zero-order valence-corrected chi connectivity index (χ0v) is 13.5. The number of hydrogen-bond acceptors (Lipinski definition) is 3. The molecule has 1 aromatic carbocycles. The largest absolute Gasteiger partial charge is 0.380 e. The minimum Gasteiger partial charge on any atom is -0.380 e. The molecule has 0 radical (unpaired) electrons. The van der Waals surface area contributed by atoms with Crippen LogP contribution in [0.15, 0.2) is 18.2 Å². The molecule has 3 nitrogen and oxygen atoms in total. The molecule has 2 rings (SSSR count). The fourth-order valence-corrected chi connectivity index (χ4v) is 2.80. The first kappa shape index (κ1) is 16.1. The molecule has 0 saturated carbocycles. The summed E-state index contributed by atoms with van der Waals surface area (Å²) in [5.41, 5.74) is 1.11. The van der Waals surface area contributed by atoms with Gasteiger partial charge in [-0.1, -0.05) is 35.3 Å². The standard InChI is InChI=1S/C15H22Cl2N2O/c1-2-20-11-10-18-6-8-19(9-7-18)12-13-4-3-5-14(16)15(13)17/h3-5H,2,6-12H2,1H3. The first-order chi connectivity index (χ1) is 9.70. The third kappa shape index (κ3) is 4.61. The summed E-state index contributed by atoms with van der Waals surface area (Å²) in [5, 5.41) is 1.33. The number of halogens is 2. The molecule has 0 N–H and O–H groups in total. The van der Waals surface area contributed by atoms with Gasteiger partial charge in [0.25, 0.3) is 0 Å². The number of piperazine rings is 1. The van der Waals surface area contributed by atoms with Crippen molar-refractivity contribution in [3.8, 4) is 0 Å². The number of hydrogen-bond donors (Lipinski definition) is 0. The lowest BCUT2D eigenvalue weighted by atomic mass is 10.2. The lowest BCUT2D eigenvalue weighted by Crippen LogP contribution is -2.46. The Hall–Kier alpha value is -0.320. The van der Waals surface area contributed by atoms with E-state index in [0.717, 1.165) is 58.0 Å². The van der Waals surface area contributed by atoms with Gasteiger partial charge in [0, 0.05) is 45.9 Å². The van der Waals surface area contributed by atoms with Crippen molar-refractivity contribution in [2.45, 2.75) is 13.5 Å². The van der Waals surface area contributed by atoms with Gasteiger partial charge in [0.2, 0.25) is 0 Å². The van der Waals surface area contributed by atoms with E-state index in [1.807, 2.05) is 19.1 Å². The van der Waals surface area contributed by atoms with E-state index in [1.54, 1.807) is 0 Å². The number of nitrogens with zero attached hydrogens (tertiary/aromatic N) is 2. The zero-order chi connectivity index (χ0) is 14.4. The maximum Gasteiger partial charge on any atom is 0.0637 e. The minimum atomic E-state index is 0.638. The van der Waals surface area contributed by atoms with E-state index >= 15 is 0 Å². The summed E-state index contributed by atoms with van der Waals surface area (Å²) in [5.74, 6) is 0. The van der Waals surface area contributed by atoms with E-state index in [9.17, 15) is 0 Å². The summed E-state index contributed by atoms with van der Waals surface area (Å²) >= 11 is 12.3. The van der Waals surface area contributed by atoms with E-state index in [4.69, 9.17) is 27.9 Å². The van der Waals surface area contributed by atoms with Crippen LogP contribution in [0.2, 0.25) is 10.0 Å². The van der Waals surface area contributed by atoms with Crippen LogP contribution >= 0.6 is 23.2 Å². The van der Waals surface area contributed by atoms with Gasteiger partial charge < -0.3 is 4.74 Å². The molecule has 1 aromatic rings. The second-order valence-corrected chi connectivity index (χ2v) is 5.81. The fraction of sp³-hybridized carbons (Fsp3) is 0.600. The second-order valence-electron chi connectivity index (χ2n) is 5.03. The summed E-state index contributed by atoms with van der Waals surface area (Å²) in [6, 6.07) is 5.84. The first-order valence-electron chi connectivity index (χ1n) is 7.16. The Balaban J connectivity index is 1.78. The van der Waals surface area contributed by atoms with Crippen LogP contribution in [0, 0.1) is 0 Å². The highest BCUT2D eigenvalue weighted by molar-refractivity contribution is 6.42. The SMILES string of the molecule is CCOCCN1CCN(Cc2cccc(Cl)c2Cl)CC1. The molecule has 0 aliphatic carbocycles. The number of rotatable bonds is 6. The van der Waals surface area contributed by atoms with Crippen molar-refractivity contribution >= 4 is 23.2 Å². The van der Waals surface area contributed by atoms with E-state index < -0.39 is 0 Å². The molecule has 0 aromatic heterocycles. The van der Waals surface area contributed by atoms with Gasteiger partial charge in [0.15, 0.2) is 0 Å². The van der Waals surface area contributed by atoms with Crippen LogP contribution < -0.4 is 0 Å². The highest BCUT2D eigenvalue weighted by atomic mass is 35.5. The molecule has 1 heterocycles. The van der Waals surface area contributed by atoms with Gasteiger partial charge in [-0.05, 0) is 18.6 Å². The van der Waals surface area contributed by atoms with Crippen molar-refractivity contribution in [2.75, 3.05) is 45.9 Å². The Bertz CT molecular complexity index is 420. The second kappa shape index (κ2) is 8.20. The minimum absolute atomic E-state index is 0.638. The number of benzene rings is 1. The summed E-state index contributed by atoms with van der Waals surface area (Å²) in [7, 11) is 0. The third-order valence-corrected chi connectivity index (χ3v) is 4.50. The maximum atomic E-state index is 6.24. The third-order valence-electron chi connectivity index (χ3n) is 3.65. The summed E-state index contributed by atoms with van der Waals surface area (Å²) in [6.07, 6.45) is 0.